The van der Waals surface area contributed by atoms with Crippen LogP contribution in [0, 0.1) is 0 Å². The minimum Gasteiger partial charge on any atom is -0.339 e. The van der Waals surface area contributed by atoms with Gasteiger partial charge in [0.25, 0.3) is 0 Å². The van der Waals surface area contributed by atoms with Gasteiger partial charge in [0.1, 0.15) is 0 Å². The van der Waals surface area contributed by atoms with E-state index in [1.165, 1.54) is 17.5 Å². The van der Waals surface area contributed by atoms with Crippen LogP contribution in [-0.4, -0.2) is 54.5 Å². The van der Waals surface area contributed by atoms with Crippen LogP contribution in [0.25, 0.3) is 0 Å². The molecule has 4 heteroatoms. The van der Waals surface area contributed by atoms with Gasteiger partial charge in [0.2, 0.25) is 5.91 Å². The molecule has 0 aliphatic carbocycles. The first kappa shape index (κ1) is 18.2. The van der Waals surface area contributed by atoms with Gasteiger partial charge in [-0.25, -0.2) is 0 Å². The molecule has 1 N–H and O–H groups in total. The van der Waals surface area contributed by atoms with Crippen molar-refractivity contribution in [3.05, 3.63) is 71.8 Å². The highest BCUT2D eigenvalue weighted by Crippen LogP contribution is 2.29. The van der Waals surface area contributed by atoms with Crippen molar-refractivity contribution in [2.45, 2.75) is 31.3 Å². The lowest BCUT2D eigenvalue weighted by Crippen LogP contribution is -2.55. The van der Waals surface area contributed by atoms with Crippen LogP contribution in [0.4, 0.5) is 0 Å². The van der Waals surface area contributed by atoms with Gasteiger partial charge < -0.3 is 10.2 Å². The second-order valence-corrected chi connectivity index (χ2v) is 7.59. The smallest absolute Gasteiger partial charge is 0.239 e. The zero-order valence-corrected chi connectivity index (χ0v) is 15.9. The highest BCUT2D eigenvalue weighted by molar-refractivity contribution is 5.82. The number of hydrogen-bond donors (Lipinski definition) is 1. The number of nitrogens with zero attached hydrogens (tertiary/aromatic N) is 2. The van der Waals surface area contributed by atoms with Crippen molar-refractivity contribution in [1.82, 2.24) is 15.1 Å². The molecule has 1 atom stereocenters. The quantitative estimate of drug-likeness (QED) is 0.907. The Kier molecular flexibility index (Phi) is 5.85. The summed E-state index contributed by atoms with van der Waals surface area (Å²) in [6.07, 6.45) is 3.33. The summed E-state index contributed by atoms with van der Waals surface area (Å²) in [4.78, 5) is 17.4. The molecule has 142 valence electrons. The molecule has 4 nitrogen and oxygen atoms in total. The molecule has 0 spiro atoms. The van der Waals surface area contributed by atoms with E-state index in [1.807, 2.05) is 0 Å². The van der Waals surface area contributed by atoms with Crippen LogP contribution >= 0.6 is 0 Å². The van der Waals surface area contributed by atoms with Crippen molar-refractivity contribution >= 4 is 5.91 Å². The molecule has 2 saturated heterocycles. The average molecular weight is 364 g/mol. The lowest BCUT2D eigenvalue weighted by molar-refractivity contribution is -0.136. The summed E-state index contributed by atoms with van der Waals surface area (Å²) in [5.74, 6) is 0.297. The third kappa shape index (κ3) is 4.23. The number of piperidine rings is 1. The van der Waals surface area contributed by atoms with Gasteiger partial charge >= 0.3 is 0 Å². The first-order valence-corrected chi connectivity index (χ1v) is 10.2. The minimum absolute atomic E-state index is 0.0318. The summed E-state index contributed by atoms with van der Waals surface area (Å²) < 4.78 is 0. The first-order chi connectivity index (χ1) is 13.3. The van der Waals surface area contributed by atoms with E-state index in [9.17, 15) is 4.79 Å². The fourth-order valence-corrected chi connectivity index (χ4v) is 4.37. The summed E-state index contributed by atoms with van der Waals surface area (Å²) in [5, 5.41) is 3.40. The summed E-state index contributed by atoms with van der Waals surface area (Å²) in [5.41, 5.74) is 2.63. The Labute approximate surface area is 162 Å². The minimum atomic E-state index is 0.0318. The fraction of sp³-hybridized carbons (Fsp3) is 0.435. The Bertz CT molecular complexity index is 680. The number of nitrogens with one attached hydrogen (secondary N) is 1. The number of amides is 1. The fourth-order valence-electron chi connectivity index (χ4n) is 4.37. The van der Waals surface area contributed by atoms with Gasteiger partial charge in [0.05, 0.1) is 12.1 Å². The van der Waals surface area contributed by atoms with Crippen molar-refractivity contribution in [2.75, 3.05) is 32.7 Å². The van der Waals surface area contributed by atoms with Crippen molar-refractivity contribution in [2.24, 2.45) is 0 Å². The second kappa shape index (κ2) is 8.68. The molecule has 1 amide bonds. The Balaban J connectivity index is 1.46. The molecule has 0 bridgehead atoms. The third-order valence-electron chi connectivity index (χ3n) is 5.83. The van der Waals surface area contributed by atoms with Crippen molar-refractivity contribution in [3.63, 3.8) is 0 Å². The highest BCUT2D eigenvalue weighted by atomic mass is 16.2. The molecular weight excluding hydrogens is 334 g/mol. The van der Waals surface area contributed by atoms with Crippen molar-refractivity contribution < 1.29 is 4.79 Å². The predicted molar refractivity (Wildman–Crippen MR) is 109 cm³/mol. The zero-order valence-electron chi connectivity index (χ0n) is 15.9. The molecule has 4 rings (SSSR count). The normalized spacial score (nSPS) is 21.4. The monoisotopic (exact) mass is 363 g/mol. The van der Waals surface area contributed by atoms with Crippen molar-refractivity contribution in [1.29, 1.82) is 0 Å². The zero-order chi connectivity index (χ0) is 18.5. The number of benzene rings is 2. The van der Waals surface area contributed by atoms with E-state index >= 15 is 0 Å². The lowest BCUT2D eigenvalue weighted by atomic mass is 9.96. The number of carbonyl (C=O) groups is 1. The summed E-state index contributed by atoms with van der Waals surface area (Å²) in [6, 6.07) is 21.7. The standard InChI is InChI=1S/C23H29N3O/c27-23(21-13-7-8-14-24-21)26-17-15-25(16-18-26)22(19-9-3-1-4-10-19)20-11-5-2-6-12-20/h1-6,9-12,21-22,24H,7-8,13-18H2. The van der Waals surface area contributed by atoms with E-state index in [0.29, 0.717) is 5.91 Å². The first-order valence-electron chi connectivity index (χ1n) is 10.2. The Morgan fingerprint density at radius 3 is 1.96 bits per heavy atom. The molecule has 2 aromatic rings. The average Bonchev–Trinajstić information content (AvgIpc) is 2.76. The van der Waals surface area contributed by atoms with Gasteiger partial charge in [-0.1, -0.05) is 67.1 Å². The summed E-state index contributed by atoms with van der Waals surface area (Å²) >= 11 is 0. The molecule has 2 fully saturated rings. The molecule has 0 radical (unpaired) electrons. The van der Waals surface area contributed by atoms with Gasteiger partial charge in [-0.3, -0.25) is 9.69 Å². The van der Waals surface area contributed by atoms with E-state index in [1.54, 1.807) is 0 Å². The number of rotatable bonds is 4. The van der Waals surface area contributed by atoms with Crippen LogP contribution in [0.15, 0.2) is 60.7 Å². The van der Waals surface area contributed by atoms with Crippen LogP contribution in [0.2, 0.25) is 0 Å². The maximum atomic E-state index is 12.8. The summed E-state index contributed by atoms with van der Waals surface area (Å²) in [6.45, 7) is 4.42. The third-order valence-corrected chi connectivity index (χ3v) is 5.83. The van der Waals surface area contributed by atoms with Gasteiger partial charge in [-0.2, -0.15) is 0 Å². The molecule has 2 aromatic carbocycles. The molecule has 2 aliphatic rings. The van der Waals surface area contributed by atoms with Gasteiger partial charge in [0, 0.05) is 26.2 Å². The van der Waals surface area contributed by atoms with Crippen molar-refractivity contribution in [3.8, 4) is 0 Å². The second-order valence-electron chi connectivity index (χ2n) is 7.59. The largest absolute Gasteiger partial charge is 0.339 e. The molecule has 27 heavy (non-hydrogen) atoms. The number of hydrogen-bond acceptors (Lipinski definition) is 3. The molecule has 1 unspecified atom stereocenters. The highest BCUT2D eigenvalue weighted by Gasteiger charge is 2.31. The van der Waals surface area contributed by atoms with Crippen LogP contribution in [0.5, 0.6) is 0 Å². The van der Waals surface area contributed by atoms with Crippen LogP contribution < -0.4 is 5.32 Å². The van der Waals surface area contributed by atoms with E-state index < -0.39 is 0 Å². The van der Waals surface area contributed by atoms with Gasteiger partial charge in [0.15, 0.2) is 0 Å². The lowest BCUT2D eigenvalue weighted by Gasteiger charge is -2.41. The van der Waals surface area contributed by atoms with Crippen LogP contribution in [-0.2, 0) is 4.79 Å². The van der Waals surface area contributed by atoms with E-state index in [2.05, 4.69) is 75.8 Å². The Hall–Kier alpha value is -2.17. The molecule has 2 heterocycles. The van der Waals surface area contributed by atoms with E-state index in [4.69, 9.17) is 0 Å². The van der Waals surface area contributed by atoms with Gasteiger partial charge in [-0.05, 0) is 30.5 Å². The molecule has 2 aliphatic heterocycles. The summed E-state index contributed by atoms with van der Waals surface area (Å²) in [7, 11) is 0. The SMILES string of the molecule is O=C(C1CCCCN1)N1CCN(C(c2ccccc2)c2ccccc2)CC1. The molecule has 0 aromatic heterocycles. The van der Waals surface area contributed by atoms with Crippen LogP contribution in [0.1, 0.15) is 36.4 Å². The van der Waals surface area contributed by atoms with Crippen LogP contribution in [0.3, 0.4) is 0 Å². The number of piperazine rings is 1. The Morgan fingerprint density at radius 2 is 1.44 bits per heavy atom. The van der Waals surface area contributed by atoms with E-state index in [0.717, 1.165) is 45.6 Å². The van der Waals surface area contributed by atoms with E-state index in [-0.39, 0.29) is 12.1 Å². The predicted octanol–water partition coefficient (Wildman–Crippen LogP) is 3.06. The molecular formula is C23H29N3O. The Morgan fingerprint density at radius 1 is 0.852 bits per heavy atom. The van der Waals surface area contributed by atoms with Gasteiger partial charge in [-0.15, -0.1) is 0 Å². The maximum Gasteiger partial charge on any atom is 0.239 e. The molecule has 0 saturated carbocycles. The topological polar surface area (TPSA) is 35.6 Å². The number of carbonyl (C=O) groups excluding carboxylic acids is 1. The maximum absolute atomic E-state index is 12.8.